The van der Waals surface area contributed by atoms with E-state index in [1.54, 1.807) is 25.3 Å². The largest absolute Gasteiger partial charge is 0.497 e. The van der Waals surface area contributed by atoms with Crippen molar-refractivity contribution in [2.45, 2.75) is 33.7 Å². The van der Waals surface area contributed by atoms with Gasteiger partial charge in [0, 0.05) is 36.6 Å². The molecule has 0 aliphatic heterocycles. The van der Waals surface area contributed by atoms with E-state index in [9.17, 15) is 4.79 Å². The van der Waals surface area contributed by atoms with Crippen molar-refractivity contribution >= 4 is 11.7 Å². The van der Waals surface area contributed by atoms with Crippen LogP contribution in [-0.4, -0.2) is 49.7 Å². The van der Waals surface area contributed by atoms with Gasteiger partial charge in [0.1, 0.15) is 12.1 Å². The molecule has 2 amide bonds. The lowest BCUT2D eigenvalue weighted by atomic mass is 10.2. The summed E-state index contributed by atoms with van der Waals surface area (Å²) < 4.78 is 8.75. The Labute approximate surface area is 162 Å². The molecule has 1 aromatic carbocycles. The van der Waals surface area contributed by atoms with Gasteiger partial charge in [-0.1, -0.05) is 0 Å². The first-order valence-electron chi connectivity index (χ1n) is 8.96. The Hall–Kier alpha value is -3.43. The maximum absolute atomic E-state index is 12.2. The van der Waals surface area contributed by atoms with Crippen LogP contribution in [0.4, 0.5) is 10.5 Å². The zero-order valence-corrected chi connectivity index (χ0v) is 16.4. The van der Waals surface area contributed by atoms with Gasteiger partial charge in [-0.2, -0.15) is 5.10 Å². The molecule has 2 N–H and O–H groups in total. The van der Waals surface area contributed by atoms with Crippen molar-refractivity contribution in [2.24, 2.45) is 0 Å². The normalized spacial score (nSPS) is 10.7. The van der Waals surface area contributed by atoms with Gasteiger partial charge in [0.05, 0.1) is 18.5 Å². The summed E-state index contributed by atoms with van der Waals surface area (Å²) in [7, 11) is 1.56. The highest BCUT2D eigenvalue weighted by Gasteiger charge is 2.09. The number of carbonyl (C=O) groups is 1. The first kappa shape index (κ1) is 19.3. The number of methoxy groups -OCH3 is 1. The lowest BCUT2D eigenvalue weighted by Gasteiger charge is -2.11. The molecule has 2 heterocycles. The summed E-state index contributed by atoms with van der Waals surface area (Å²) in [6.07, 6.45) is 2.25. The minimum atomic E-state index is -0.291. The molecular weight excluding hydrogens is 360 g/mol. The Kier molecular flexibility index (Phi) is 5.87. The van der Waals surface area contributed by atoms with Crippen LogP contribution in [0.2, 0.25) is 0 Å². The van der Waals surface area contributed by atoms with Crippen LogP contribution in [0.3, 0.4) is 0 Å². The van der Waals surface area contributed by atoms with Crippen LogP contribution in [0.25, 0.3) is 5.69 Å². The molecule has 0 atom stereocenters. The van der Waals surface area contributed by atoms with E-state index in [1.807, 2.05) is 11.6 Å². The van der Waals surface area contributed by atoms with Crippen LogP contribution in [0.1, 0.15) is 23.4 Å². The van der Waals surface area contributed by atoms with Crippen molar-refractivity contribution in [1.82, 2.24) is 35.3 Å². The molecule has 148 valence electrons. The number of rotatable bonds is 7. The van der Waals surface area contributed by atoms with Gasteiger partial charge >= 0.3 is 6.03 Å². The predicted molar refractivity (Wildman–Crippen MR) is 104 cm³/mol. The minimum absolute atomic E-state index is 0.291. The van der Waals surface area contributed by atoms with Crippen molar-refractivity contribution in [3.63, 3.8) is 0 Å². The minimum Gasteiger partial charge on any atom is -0.497 e. The second-order valence-corrected chi connectivity index (χ2v) is 6.43. The Balaban J connectivity index is 1.54. The van der Waals surface area contributed by atoms with Gasteiger partial charge in [0.15, 0.2) is 0 Å². The van der Waals surface area contributed by atoms with E-state index in [0.717, 1.165) is 24.4 Å². The lowest BCUT2D eigenvalue weighted by molar-refractivity contribution is 0.251. The van der Waals surface area contributed by atoms with Crippen LogP contribution in [0, 0.1) is 20.8 Å². The number of aromatic nitrogens is 6. The molecule has 3 aromatic rings. The number of tetrazole rings is 1. The Bertz CT molecular complexity index is 949. The van der Waals surface area contributed by atoms with Crippen LogP contribution >= 0.6 is 0 Å². The number of hydrogen-bond acceptors (Lipinski definition) is 6. The maximum Gasteiger partial charge on any atom is 0.319 e. The summed E-state index contributed by atoms with van der Waals surface area (Å²) in [6, 6.07) is 4.97. The van der Waals surface area contributed by atoms with Gasteiger partial charge < -0.3 is 15.4 Å². The fraction of sp³-hybridized carbons (Fsp3) is 0.389. The van der Waals surface area contributed by atoms with E-state index in [-0.39, 0.29) is 6.03 Å². The number of anilines is 1. The number of nitrogens with zero attached hydrogens (tertiary/aromatic N) is 6. The monoisotopic (exact) mass is 384 g/mol. The number of aryl methyl sites for hydroxylation is 2. The van der Waals surface area contributed by atoms with Crippen LogP contribution in [-0.2, 0) is 6.54 Å². The van der Waals surface area contributed by atoms with E-state index < -0.39 is 0 Å². The molecule has 3 rings (SSSR count). The summed E-state index contributed by atoms with van der Waals surface area (Å²) >= 11 is 0. The molecule has 10 nitrogen and oxygen atoms in total. The quantitative estimate of drug-likeness (QED) is 0.603. The van der Waals surface area contributed by atoms with Gasteiger partial charge in [-0.05, 0) is 49.2 Å². The van der Waals surface area contributed by atoms with Gasteiger partial charge in [0.2, 0.25) is 0 Å². The van der Waals surface area contributed by atoms with Gasteiger partial charge in [-0.25, -0.2) is 9.48 Å². The van der Waals surface area contributed by atoms with Crippen LogP contribution in [0.5, 0.6) is 5.75 Å². The molecule has 0 saturated carbocycles. The molecule has 0 bridgehead atoms. The topological polar surface area (TPSA) is 112 Å². The molecule has 0 radical (unpaired) electrons. The molecule has 10 heteroatoms. The fourth-order valence-electron chi connectivity index (χ4n) is 2.80. The van der Waals surface area contributed by atoms with Crippen LogP contribution in [0.15, 0.2) is 24.5 Å². The second kappa shape index (κ2) is 8.51. The number of hydrogen-bond donors (Lipinski definition) is 2. The molecule has 0 aliphatic carbocycles. The highest BCUT2D eigenvalue weighted by atomic mass is 16.5. The van der Waals surface area contributed by atoms with Crippen LogP contribution < -0.4 is 15.4 Å². The van der Waals surface area contributed by atoms with Crippen molar-refractivity contribution in [1.29, 1.82) is 0 Å². The molecule has 0 spiro atoms. The standard InChI is InChI=1S/C18H24N8O2/c1-12-13(2)22-25(14(12)3)7-5-6-19-18(27)21-15-8-16(10-17(9-15)28-4)26-11-20-23-24-26/h8-11H,5-7H2,1-4H3,(H2,19,21,27). The van der Waals surface area contributed by atoms with Gasteiger partial charge in [-0.15, -0.1) is 5.10 Å². The second-order valence-electron chi connectivity index (χ2n) is 6.43. The van der Waals surface area contributed by atoms with Crippen molar-refractivity contribution in [3.8, 4) is 11.4 Å². The third-order valence-electron chi connectivity index (χ3n) is 4.57. The molecule has 0 saturated heterocycles. The zero-order valence-electron chi connectivity index (χ0n) is 16.4. The van der Waals surface area contributed by atoms with Gasteiger partial charge in [0.25, 0.3) is 0 Å². The Morgan fingerprint density at radius 1 is 1.21 bits per heavy atom. The van der Waals surface area contributed by atoms with Crippen molar-refractivity contribution < 1.29 is 9.53 Å². The molecule has 0 fully saturated rings. The number of ether oxygens (including phenoxy) is 1. The number of amides is 2. The van der Waals surface area contributed by atoms with E-state index in [0.29, 0.717) is 23.7 Å². The van der Waals surface area contributed by atoms with Crippen molar-refractivity contribution in [2.75, 3.05) is 19.0 Å². The summed E-state index contributed by atoms with van der Waals surface area (Å²) in [4.78, 5) is 12.2. The predicted octanol–water partition coefficient (Wildman–Crippen LogP) is 2.00. The first-order chi connectivity index (χ1) is 13.5. The number of benzene rings is 1. The fourth-order valence-corrected chi connectivity index (χ4v) is 2.80. The van der Waals surface area contributed by atoms with E-state index >= 15 is 0 Å². The summed E-state index contributed by atoms with van der Waals surface area (Å²) in [6.45, 7) is 7.41. The molecule has 0 aliphatic rings. The average molecular weight is 384 g/mol. The number of nitrogens with one attached hydrogen (secondary N) is 2. The number of carbonyl (C=O) groups excluding carboxylic acids is 1. The Morgan fingerprint density at radius 2 is 2.04 bits per heavy atom. The smallest absolute Gasteiger partial charge is 0.319 e. The van der Waals surface area contributed by atoms with E-state index in [2.05, 4.69) is 45.1 Å². The van der Waals surface area contributed by atoms with E-state index in [1.165, 1.54) is 16.6 Å². The zero-order chi connectivity index (χ0) is 20.1. The molecule has 2 aromatic heterocycles. The lowest BCUT2D eigenvalue weighted by Crippen LogP contribution is -2.30. The molecule has 28 heavy (non-hydrogen) atoms. The summed E-state index contributed by atoms with van der Waals surface area (Å²) in [5.74, 6) is 0.586. The Morgan fingerprint density at radius 3 is 2.68 bits per heavy atom. The third kappa shape index (κ3) is 4.45. The molecular formula is C18H24N8O2. The third-order valence-corrected chi connectivity index (χ3v) is 4.57. The summed E-state index contributed by atoms with van der Waals surface area (Å²) in [5.41, 5.74) is 4.67. The highest BCUT2D eigenvalue weighted by Crippen LogP contribution is 2.22. The average Bonchev–Trinajstić information content (AvgIpc) is 3.30. The summed E-state index contributed by atoms with van der Waals surface area (Å²) in [5, 5.41) is 21.3. The SMILES string of the molecule is COc1cc(NC(=O)NCCCn2nc(C)c(C)c2C)cc(-n2cnnn2)c1. The maximum atomic E-state index is 12.2. The van der Waals surface area contributed by atoms with E-state index in [4.69, 9.17) is 4.74 Å². The van der Waals surface area contributed by atoms with Gasteiger partial charge in [-0.3, -0.25) is 4.68 Å². The first-order valence-corrected chi connectivity index (χ1v) is 8.96. The number of urea groups is 1. The molecule has 0 unspecified atom stereocenters. The van der Waals surface area contributed by atoms with Crippen molar-refractivity contribution in [3.05, 3.63) is 41.5 Å². The highest BCUT2D eigenvalue weighted by molar-refractivity contribution is 5.89.